The van der Waals surface area contributed by atoms with Gasteiger partial charge in [-0.3, -0.25) is 58.9 Å². The molecule has 0 saturated carbocycles. The summed E-state index contributed by atoms with van der Waals surface area (Å²) in [6.45, 7) is 19.1. The van der Waals surface area contributed by atoms with E-state index in [-0.39, 0.29) is 41.4 Å². The van der Waals surface area contributed by atoms with Crippen LogP contribution in [0.5, 0.6) is 0 Å². The Morgan fingerprint density at radius 1 is 0.417 bits per heavy atom. The number of amides is 7. The number of ether oxygens (including phenoxy) is 8. The molecule has 10 rings (SSSR count). The molecule has 1 unspecified atom stereocenters. The standard InChI is InChI=1S/C83H118N16O16/c1-108-76(64-14-5-3-6-15-64)82(106)98-58-68-70(60-98)90-92-78(68)88-80(104)66-24-20-62(21-25-66)56-96-40-36-94(37-41-96)34-28-74(102)86-32-12-46-112-50-54-114-52-48-110-44-10-30-84-72(100)18-9-19-73(101)85-31-11-45-111-49-53-115-55-51-113-47-13-33-87-75(103)29-35-95-38-42-97(43-39-95)57-63-22-26-67(27-23-63)81(105)89-79-69-59-99(61-71(69)91-93-79)83(107)77(109-2)65-16-7-4-8-17-65/h3-8,14-17,20-27,72,76-77,84,100H,9-13,18-19,28-61H2,1-2H3,(H,85,101)(H,86,102)(H,87,103)(H2,88,90,92,104)(H2,89,91,93,105)/t72?,76-,77+/m1/s1. The van der Waals surface area contributed by atoms with Gasteiger partial charge >= 0.3 is 0 Å². The molecule has 6 aromatic rings. The van der Waals surface area contributed by atoms with E-state index in [1.54, 1.807) is 9.80 Å². The van der Waals surface area contributed by atoms with Crippen molar-refractivity contribution in [3.63, 3.8) is 0 Å². The number of piperazine rings is 2. The molecule has 115 heavy (non-hydrogen) atoms. The van der Waals surface area contributed by atoms with E-state index in [4.69, 9.17) is 37.9 Å². The highest BCUT2D eigenvalue weighted by molar-refractivity contribution is 6.05. The highest BCUT2D eigenvalue weighted by Crippen LogP contribution is 2.33. The van der Waals surface area contributed by atoms with E-state index in [0.717, 1.165) is 117 Å². The maximum absolute atomic E-state index is 13.4. The third-order valence-electron chi connectivity index (χ3n) is 20.6. The fraction of sp³-hybridized carbons (Fsp3) is 0.554. The number of aromatic nitrogens is 4. The Morgan fingerprint density at radius 3 is 1.14 bits per heavy atom. The average molecular weight is 1600 g/mol. The topological polar surface area (TPSA) is 363 Å². The summed E-state index contributed by atoms with van der Waals surface area (Å²) in [5.41, 5.74) is 7.93. The van der Waals surface area contributed by atoms with Crippen LogP contribution in [0.2, 0.25) is 0 Å². The average Bonchev–Trinajstić information content (AvgIpc) is 1.64. The highest BCUT2D eigenvalue weighted by atomic mass is 16.5. The summed E-state index contributed by atoms with van der Waals surface area (Å²) >= 11 is 0. The van der Waals surface area contributed by atoms with Crippen molar-refractivity contribution in [2.45, 2.75) is 115 Å². The van der Waals surface area contributed by atoms with Gasteiger partial charge in [0.25, 0.3) is 23.6 Å². The number of anilines is 2. The minimum atomic E-state index is -0.722. The number of fused-ring (bicyclic) bond motifs is 2. The van der Waals surface area contributed by atoms with Crippen LogP contribution in [0.4, 0.5) is 11.6 Å². The zero-order valence-corrected chi connectivity index (χ0v) is 66.8. The summed E-state index contributed by atoms with van der Waals surface area (Å²) in [7, 11) is 3.05. The maximum atomic E-state index is 13.4. The number of H-pyrrole nitrogens is 2. The minimum Gasteiger partial charge on any atom is -0.379 e. The van der Waals surface area contributed by atoms with Crippen LogP contribution in [0.15, 0.2) is 109 Å². The van der Waals surface area contributed by atoms with Crippen LogP contribution in [0.3, 0.4) is 0 Å². The Bertz CT molecular complexity index is 3900. The molecule has 32 heteroatoms. The van der Waals surface area contributed by atoms with Crippen LogP contribution >= 0.6 is 0 Å². The van der Waals surface area contributed by atoms with E-state index in [0.29, 0.717) is 219 Å². The first-order valence-electron chi connectivity index (χ1n) is 40.5. The largest absolute Gasteiger partial charge is 0.379 e. The van der Waals surface area contributed by atoms with Crippen molar-refractivity contribution in [2.75, 3.05) is 196 Å². The summed E-state index contributed by atoms with van der Waals surface area (Å²) in [6, 6.07) is 33.9. The first-order valence-corrected chi connectivity index (χ1v) is 40.5. The number of hydrogen-bond donors (Lipinski definition) is 9. The third-order valence-corrected chi connectivity index (χ3v) is 20.6. The van der Waals surface area contributed by atoms with Gasteiger partial charge < -0.3 is 89.2 Å². The van der Waals surface area contributed by atoms with E-state index in [1.165, 1.54) is 14.2 Å². The third kappa shape index (κ3) is 29.9. The molecule has 7 amide bonds. The van der Waals surface area contributed by atoms with Crippen molar-refractivity contribution in [1.29, 1.82) is 0 Å². The number of aromatic amines is 2. The number of carbonyl (C=O) groups excluding carboxylic acids is 7. The molecule has 3 atom stereocenters. The molecule has 32 nitrogen and oxygen atoms in total. The SMILES string of the molecule is CO[C@H](C(=O)N1Cc2[nH]nc(NC(=O)c3ccc(CN4CCN(CCC(=O)NCCCOCCOCCOCCCNC(=O)CCCC(O)NCCCOCCOCCOCCCNC(=O)CCN5CCN(Cc6ccc(C(=O)Nc7n[nH]c8c7CN(C(=O)[C@H](OC)c7ccccc7)C8)cc6)CC5)CC4)cc3)c2C1)c1ccccc1. The predicted octanol–water partition coefficient (Wildman–Crippen LogP) is 4.90. The van der Waals surface area contributed by atoms with Gasteiger partial charge in [-0.25, -0.2) is 0 Å². The summed E-state index contributed by atoms with van der Waals surface area (Å²) in [5, 5.41) is 42.8. The first-order chi connectivity index (χ1) is 56.3. The molecule has 9 N–H and O–H groups in total. The number of methoxy groups -OCH3 is 2. The van der Waals surface area contributed by atoms with Gasteiger partial charge in [0.1, 0.15) is 6.23 Å². The Kier molecular flexibility index (Phi) is 37.8. The molecular formula is C83H118N16O16. The summed E-state index contributed by atoms with van der Waals surface area (Å²) in [4.78, 5) is 104. The van der Waals surface area contributed by atoms with E-state index in [1.807, 2.05) is 109 Å². The van der Waals surface area contributed by atoms with Crippen LogP contribution in [0, 0.1) is 0 Å². The lowest BCUT2D eigenvalue weighted by Gasteiger charge is -2.34. The number of aliphatic hydroxyl groups excluding tert-OH is 1. The Labute approximate surface area is 674 Å². The van der Waals surface area contributed by atoms with Gasteiger partial charge in [0.2, 0.25) is 17.7 Å². The van der Waals surface area contributed by atoms with Crippen molar-refractivity contribution in [3.05, 3.63) is 165 Å². The molecule has 626 valence electrons. The smallest absolute Gasteiger partial charge is 0.256 e. The molecule has 2 saturated heterocycles. The molecule has 0 aliphatic carbocycles. The predicted molar refractivity (Wildman–Crippen MR) is 430 cm³/mol. The first kappa shape index (κ1) is 88.4. The molecule has 4 aliphatic heterocycles. The van der Waals surface area contributed by atoms with Crippen LogP contribution in [0.25, 0.3) is 0 Å². The van der Waals surface area contributed by atoms with Crippen molar-refractivity contribution in [1.82, 2.24) is 71.1 Å². The Hall–Kier alpha value is -8.97. The second-order valence-electron chi connectivity index (χ2n) is 29.0. The molecule has 4 aromatic carbocycles. The van der Waals surface area contributed by atoms with E-state index < -0.39 is 18.4 Å². The molecule has 0 spiro atoms. The number of nitrogens with one attached hydrogen (secondary N) is 8. The van der Waals surface area contributed by atoms with Crippen LogP contribution in [0.1, 0.15) is 135 Å². The number of benzene rings is 4. The number of hydrogen-bond acceptors (Lipinski definition) is 23. The van der Waals surface area contributed by atoms with Gasteiger partial charge in [-0.2, -0.15) is 10.2 Å². The van der Waals surface area contributed by atoms with E-state index in [9.17, 15) is 38.7 Å². The number of rotatable bonds is 53. The molecule has 2 aromatic heterocycles. The van der Waals surface area contributed by atoms with E-state index >= 15 is 0 Å². The lowest BCUT2D eigenvalue weighted by atomic mass is 10.1. The van der Waals surface area contributed by atoms with Gasteiger partial charge in [-0.15, -0.1) is 0 Å². The second kappa shape index (κ2) is 49.2. The molecule has 0 radical (unpaired) electrons. The fourth-order valence-electron chi connectivity index (χ4n) is 14.0. The second-order valence-corrected chi connectivity index (χ2v) is 29.0. The summed E-state index contributed by atoms with van der Waals surface area (Å²) < 4.78 is 45.0. The number of carbonyl (C=O) groups is 7. The van der Waals surface area contributed by atoms with Crippen LogP contribution in [-0.4, -0.2) is 288 Å². The van der Waals surface area contributed by atoms with Crippen LogP contribution in [-0.2, 0) is 101 Å². The number of nitrogens with zero attached hydrogens (tertiary/aromatic N) is 8. The normalized spacial score (nSPS) is 15.4. The minimum absolute atomic E-state index is 0.0280. The Morgan fingerprint density at radius 2 is 0.765 bits per heavy atom. The van der Waals surface area contributed by atoms with Crippen LogP contribution < -0.4 is 31.9 Å². The van der Waals surface area contributed by atoms with Gasteiger partial charge in [-0.1, -0.05) is 84.9 Å². The molecular weight excluding hydrogens is 1480 g/mol. The summed E-state index contributed by atoms with van der Waals surface area (Å²) in [5.74, 6) is -0.0412. The van der Waals surface area contributed by atoms with Gasteiger partial charge in [0.15, 0.2) is 23.8 Å². The maximum Gasteiger partial charge on any atom is 0.256 e. The van der Waals surface area contributed by atoms with Gasteiger partial charge in [-0.05, 0) is 91.6 Å². The quantitative estimate of drug-likeness (QED) is 0.0181. The highest BCUT2D eigenvalue weighted by Gasteiger charge is 2.36. The van der Waals surface area contributed by atoms with Gasteiger partial charge in [0.05, 0.1) is 90.4 Å². The van der Waals surface area contributed by atoms with Crippen molar-refractivity contribution in [2.24, 2.45) is 0 Å². The lowest BCUT2D eigenvalue weighted by Crippen LogP contribution is -2.46. The summed E-state index contributed by atoms with van der Waals surface area (Å²) in [6.07, 6.45) is 2.89. The fourth-order valence-corrected chi connectivity index (χ4v) is 14.0. The molecule has 4 aliphatic rings. The molecule has 0 bridgehead atoms. The van der Waals surface area contributed by atoms with E-state index in [2.05, 4.69) is 71.9 Å². The van der Waals surface area contributed by atoms with Crippen molar-refractivity contribution >= 4 is 53.0 Å². The lowest BCUT2D eigenvalue weighted by molar-refractivity contribution is -0.143. The Balaban J connectivity index is 0.424. The number of aliphatic hydroxyl groups is 1. The molecule has 2 fully saturated rings. The molecule has 6 heterocycles. The van der Waals surface area contributed by atoms with Crippen molar-refractivity contribution < 1.29 is 76.6 Å². The van der Waals surface area contributed by atoms with Gasteiger partial charge in [0, 0.05) is 180 Å². The van der Waals surface area contributed by atoms with Crippen molar-refractivity contribution in [3.8, 4) is 0 Å². The monoisotopic (exact) mass is 1590 g/mol. The zero-order valence-electron chi connectivity index (χ0n) is 66.8. The zero-order chi connectivity index (χ0) is 80.6.